The predicted octanol–water partition coefficient (Wildman–Crippen LogP) is 3.77. The van der Waals surface area contributed by atoms with E-state index in [9.17, 15) is 0 Å². The molecule has 3 atom stereocenters. The Kier molecular flexibility index (Phi) is 8.74. The van der Waals surface area contributed by atoms with Gasteiger partial charge in [-0.15, -0.1) is 0 Å². The molecule has 3 nitrogen and oxygen atoms in total. The Balaban J connectivity index is 2.73. The first kappa shape index (κ1) is 17.9. The highest BCUT2D eigenvalue weighted by molar-refractivity contribution is 4.97. The zero-order chi connectivity index (χ0) is 14.8. The lowest BCUT2D eigenvalue weighted by molar-refractivity contribution is -0.103. The first-order valence-electron chi connectivity index (χ1n) is 8.54. The third-order valence-corrected chi connectivity index (χ3v) is 4.54. The van der Waals surface area contributed by atoms with Gasteiger partial charge in [0.25, 0.3) is 0 Å². The fraction of sp³-hybridized carbons (Fsp3) is 1.00. The Morgan fingerprint density at radius 1 is 1.35 bits per heavy atom. The van der Waals surface area contributed by atoms with Gasteiger partial charge in [0.15, 0.2) is 0 Å². The lowest BCUT2D eigenvalue weighted by Gasteiger charge is -2.46. The molecule has 3 heteroatoms. The third kappa shape index (κ3) is 5.34. The van der Waals surface area contributed by atoms with Crippen LogP contribution in [0.3, 0.4) is 0 Å². The van der Waals surface area contributed by atoms with E-state index in [1.807, 2.05) is 0 Å². The summed E-state index contributed by atoms with van der Waals surface area (Å²) < 4.78 is 11.6. The molecule has 0 bridgehead atoms. The van der Waals surface area contributed by atoms with Gasteiger partial charge in [0.05, 0.1) is 5.60 Å². The van der Waals surface area contributed by atoms with Crippen LogP contribution in [0.4, 0.5) is 0 Å². The van der Waals surface area contributed by atoms with E-state index in [0.717, 1.165) is 38.5 Å². The summed E-state index contributed by atoms with van der Waals surface area (Å²) in [5.41, 5.74) is 0.0509. The normalized spacial score (nSPS) is 28.5. The van der Waals surface area contributed by atoms with Crippen molar-refractivity contribution in [3.05, 3.63) is 0 Å². The quantitative estimate of drug-likeness (QED) is 0.620. The number of nitrogens with one attached hydrogen (secondary N) is 1. The molecular formula is C17H35NO2. The number of rotatable bonds is 10. The molecule has 1 aliphatic carbocycles. The first-order chi connectivity index (χ1) is 9.68. The molecule has 0 radical (unpaired) electrons. The number of hydrogen-bond acceptors (Lipinski definition) is 3. The van der Waals surface area contributed by atoms with Gasteiger partial charge in [0.1, 0.15) is 0 Å². The molecule has 1 saturated carbocycles. The summed E-state index contributed by atoms with van der Waals surface area (Å²) in [6.45, 7) is 9.49. The van der Waals surface area contributed by atoms with Gasteiger partial charge in [-0.2, -0.15) is 0 Å². The van der Waals surface area contributed by atoms with E-state index >= 15 is 0 Å². The Morgan fingerprint density at radius 2 is 2.15 bits per heavy atom. The number of ether oxygens (including phenoxy) is 2. The van der Waals surface area contributed by atoms with Crippen LogP contribution in [0.25, 0.3) is 0 Å². The van der Waals surface area contributed by atoms with Crippen molar-refractivity contribution >= 4 is 0 Å². The molecular weight excluding hydrogens is 250 g/mol. The summed E-state index contributed by atoms with van der Waals surface area (Å²) in [5.74, 6) is 0.781. The second-order valence-corrected chi connectivity index (χ2v) is 6.34. The molecule has 3 unspecified atom stereocenters. The minimum absolute atomic E-state index is 0.0509. The Labute approximate surface area is 125 Å². The average Bonchev–Trinajstić information content (AvgIpc) is 2.43. The van der Waals surface area contributed by atoms with Crippen molar-refractivity contribution in [1.29, 1.82) is 0 Å². The summed E-state index contributed by atoms with van der Waals surface area (Å²) in [4.78, 5) is 0. The topological polar surface area (TPSA) is 30.5 Å². The van der Waals surface area contributed by atoms with Crippen LogP contribution in [-0.4, -0.2) is 38.5 Å². The summed E-state index contributed by atoms with van der Waals surface area (Å²) in [5, 5.41) is 3.76. The zero-order valence-electron chi connectivity index (χ0n) is 14.0. The SMILES string of the molecule is CCCNC(CCCOC)C1(OCC)CCCC(C)C1. The minimum Gasteiger partial charge on any atom is -0.385 e. The maximum absolute atomic E-state index is 6.33. The van der Waals surface area contributed by atoms with E-state index in [1.54, 1.807) is 7.11 Å². The van der Waals surface area contributed by atoms with Crippen molar-refractivity contribution in [3.63, 3.8) is 0 Å². The Bertz CT molecular complexity index is 243. The molecule has 1 aliphatic rings. The fourth-order valence-corrected chi connectivity index (χ4v) is 3.68. The second-order valence-electron chi connectivity index (χ2n) is 6.34. The Morgan fingerprint density at radius 3 is 2.75 bits per heavy atom. The molecule has 0 spiro atoms. The molecule has 1 N–H and O–H groups in total. The largest absolute Gasteiger partial charge is 0.385 e. The highest BCUT2D eigenvalue weighted by Crippen LogP contribution is 2.39. The second kappa shape index (κ2) is 9.75. The van der Waals surface area contributed by atoms with E-state index in [-0.39, 0.29) is 5.60 Å². The molecule has 1 rings (SSSR count). The monoisotopic (exact) mass is 285 g/mol. The molecule has 0 aromatic carbocycles. The molecule has 0 amide bonds. The van der Waals surface area contributed by atoms with E-state index in [2.05, 4.69) is 26.1 Å². The molecule has 0 saturated heterocycles. The van der Waals surface area contributed by atoms with Gasteiger partial charge < -0.3 is 14.8 Å². The van der Waals surface area contributed by atoms with Crippen molar-refractivity contribution in [1.82, 2.24) is 5.32 Å². The van der Waals surface area contributed by atoms with Crippen LogP contribution in [0.5, 0.6) is 0 Å². The van der Waals surface area contributed by atoms with Crippen LogP contribution in [-0.2, 0) is 9.47 Å². The van der Waals surface area contributed by atoms with Crippen molar-refractivity contribution in [3.8, 4) is 0 Å². The van der Waals surface area contributed by atoms with E-state index in [0.29, 0.717) is 6.04 Å². The number of hydrogen-bond donors (Lipinski definition) is 1. The van der Waals surface area contributed by atoms with Gasteiger partial charge in [-0.3, -0.25) is 0 Å². The van der Waals surface area contributed by atoms with Crippen LogP contribution in [0, 0.1) is 5.92 Å². The minimum atomic E-state index is 0.0509. The summed E-state index contributed by atoms with van der Waals surface area (Å²) in [6, 6.07) is 0.472. The van der Waals surface area contributed by atoms with Crippen molar-refractivity contribution in [2.75, 3.05) is 26.9 Å². The van der Waals surface area contributed by atoms with E-state index in [1.165, 1.54) is 32.1 Å². The van der Waals surface area contributed by atoms with Gasteiger partial charge in [-0.25, -0.2) is 0 Å². The van der Waals surface area contributed by atoms with Crippen molar-refractivity contribution in [2.24, 2.45) is 5.92 Å². The standard InChI is InChI=1S/C17H35NO2/c1-5-12-18-16(10-8-13-19-4)17(20-6-2)11-7-9-15(3)14-17/h15-16,18H,5-14H2,1-4H3. The molecule has 0 heterocycles. The van der Waals surface area contributed by atoms with Gasteiger partial charge in [0.2, 0.25) is 0 Å². The Hall–Kier alpha value is -0.120. The molecule has 120 valence electrons. The zero-order valence-corrected chi connectivity index (χ0v) is 14.0. The highest BCUT2D eigenvalue weighted by Gasteiger charge is 2.41. The van der Waals surface area contributed by atoms with E-state index in [4.69, 9.17) is 9.47 Å². The van der Waals surface area contributed by atoms with Crippen LogP contribution in [0.15, 0.2) is 0 Å². The van der Waals surface area contributed by atoms with Crippen LogP contribution in [0.2, 0.25) is 0 Å². The number of methoxy groups -OCH3 is 1. The lowest BCUT2D eigenvalue weighted by atomic mass is 9.73. The van der Waals surface area contributed by atoms with Crippen molar-refractivity contribution < 1.29 is 9.47 Å². The summed E-state index contributed by atoms with van der Waals surface area (Å²) in [7, 11) is 1.79. The van der Waals surface area contributed by atoms with Gasteiger partial charge in [0, 0.05) is 26.4 Å². The average molecular weight is 285 g/mol. The first-order valence-corrected chi connectivity index (χ1v) is 8.54. The molecule has 1 fully saturated rings. The highest BCUT2D eigenvalue weighted by atomic mass is 16.5. The van der Waals surface area contributed by atoms with Gasteiger partial charge >= 0.3 is 0 Å². The van der Waals surface area contributed by atoms with Gasteiger partial charge in [-0.05, 0) is 51.5 Å². The van der Waals surface area contributed by atoms with E-state index < -0.39 is 0 Å². The maximum Gasteiger partial charge on any atom is 0.0837 e. The summed E-state index contributed by atoms with van der Waals surface area (Å²) in [6.07, 6.45) is 8.51. The lowest BCUT2D eigenvalue weighted by Crippen LogP contribution is -2.55. The van der Waals surface area contributed by atoms with Crippen LogP contribution < -0.4 is 5.32 Å². The molecule has 0 aliphatic heterocycles. The molecule has 0 aromatic rings. The third-order valence-electron chi connectivity index (χ3n) is 4.54. The van der Waals surface area contributed by atoms with Crippen molar-refractivity contribution in [2.45, 2.75) is 77.4 Å². The van der Waals surface area contributed by atoms with Crippen LogP contribution in [0.1, 0.15) is 65.7 Å². The summed E-state index contributed by atoms with van der Waals surface area (Å²) >= 11 is 0. The van der Waals surface area contributed by atoms with Crippen LogP contribution >= 0.6 is 0 Å². The fourth-order valence-electron chi connectivity index (χ4n) is 3.68. The smallest absolute Gasteiger partial charge is 0.0837 e. The molecule has 20 heavy (non-hydrogen) atoms. The predicted molar refractivity (Wildman–Crippen MR) is 85.2 cm³/mol. The van der Waals surface area contributed by atoms with Gasteiger partial charge in [-0.1, -0.05) is 26.7 Å². The maximum atomic E-state index is 6.33. The molecule has 0 aromatic heterocycles.